The fourth-order valence-corrected chi connectivity index (χ4v) is 5.51. The van der Waals surface area contributed by atoms with E-state index in [4.69, 9.17) is 14.2 Å². The Morgan fingerprint density at radius 1 is 1.02 bits per heavy atom. The second-order valence-electron chi connectivity index (χ2n) is 11.0. The molecule has 232 valence electrons. The number of nitrogens with one attached hydrogen (secondary N) is 2. The third-order valence-corrected chi connectivity index (χ3v) is 8.04. The summed E-state index contributed by atoms with van der Waals surface area (Å²) in [5.74, 6) is 0.912. The van der Waals surface area contributed by atoms with E-state index < -0.39 is 11.7 Å². The molecule has 1 aliphatic rings. The van der Waals surface area contributed by atoms with Crippen molar-refractivity contribution in [3.05, 3.63) is 72.5 Å². The summed E-state index contributed by atoms with van der Waals surface area (Å²) in [5.41, 5.74) is 3.30. The molecule has 0 radical (unpaired) electrons. The van der Waals surface area contributed by atoms with E-state index in [0.717, 1.165) is 35.9 Å². The first-order valence-corrected chi connectivity index (χ1v) is 14.5. The molecule has 1 atom stereocenters. The van der Waals surface area contributed by atoms with Crippen LogP contribution in [-0.2, 0) is 11.8 Å². The molecule has 1 saturated heterocycles. The van der Waals surface area contributed by atoms with Crippen LogP contribution in [0.15, 0.2) is 66.9 Å². The first-order chi connectivity index (χ1) is 21.7. The van der Waals surface area contributed by atoms with E-state index in [1.54, 1.807) is 30.0 Å². The molecule has 1 aliphatic heterocycles. The number of amides is 1. The highest BCUT2D eigenvalue weighted by Gasteiger charge is 2.22. The van der Waals surface area contributed by atoms with Crippen LogP contribution in [0, 0.1) is 6.92 Å². The van der Waals surface area contributed by atoms with Crippen LogP contribution in [0.3, 0.4) is 0 Å². The lowest BCUT2D eigenvalue weighted by Crippen LogP contribution is -2.24. The SMILES string of the molecule is COc1cc2ncnc(Nc3cc(C)c(Oc4ccc5cnn(C)c5c4)cc3OC)c2cc1NC(=O)/C(F)=C/[C@H]1CCCN1C. The molecule has 0 saturated carbocycles. The average Bonchev–Trinajstić information content (AvgIpc) is 3.62. The van der Waals surface area contributed by atoms with E-state index in [0.29, 0.717) is 45.4 Å². The molecular weight excluding hydrogens is 577 g/mol. The molecule has 11 nitrogen and oxygen atoms in total. The number of hydrogen-bond acceptors (Lipinski definition) is 9. The van der Waals surface area contributed by atoms with E-state index in [1.807, 2.05) is 56.4 Å². The van der Waals surface area contributed by atoms with Crippen molar-refractivity contribution in [1.29, 1.82) is 0 Å². The summed E-state index contributed by atoms with van der Waals surface area (Å²) in [4.78, 5) is 23.7. The molecule has 1 amide bonds. The van der Waals surface area contributed by atoms with E-state index >= 15 is 0 Å². The molecule has 0 aliphatic carbocycles. The fourth-order valence-electron chi connectivity index (χ4n) is 5.51. The highest BCUT2D eigenvalue weighted by atomic mass is 19.1. The van der Waals surface area contributed by atoms with Crippen molar-refractivity contribution in [2.75, 3.05) is 38.4 Å². The van der Waals surface area contributed by atoms with Crippen LogP contribution in [-0.4, -0.2) is 64.4 Å². The summed E-state index contributed by atoms with van der Waals surface area (Å²) in [6, 6.07) is 12.7. The standard InChI is InChI=1S/C33H34FN7O4/c1-19-11-26(31(44-5)16-29(19)45-22-9-8-20-17-37-41(3)28(20)13-22)38-32-23-14-27(30(43-4)15-25(23)35-18-36-32)39-33(42)24(34)12-21-7-6-10-40(21)2/h8-9,11-18,21H,6-7,10H2,1-5H3,(H,39,42)(H,35,36,38)/b24-12-/t21-/m1/s1. The first-order valence-electron chi connectivity index (χ1n) is 14.5. The number of aromatic nitrogens is 4. The monoisotopic (exact) mass is 611 g/mol. The highest BCUT2D eigenvalue weighted by Crippen LogP contribution is 2.39. The molecule has 45 heavy (non-hydrogen) atoms. The molecule has 12 heteroatoms. The Morgan fingerprint density at radius 3 is 2.58 bits per heavy atom. The fraction of sp³-hybridized carbons (Fsp3) is 0.273. The van der Waals surface area contributed by atoms with Gasteiger partial charge in [-0.2, -0.15) is 5.10 Å². The number of rotatable bonds is 9. The third kappa shape index (κ3) is 6.09. The van der Waals surface area contributed by atoms with Gasteiger partial charge in [0.1, 0.15) is 35.1 Å². The van der Waals surface area contributed by atoms with Gasteiger partial charge in [-0.15, -0.1) is 0 Å². The normalized spacial score (nSPS) is 15.4. The number of likely N-dealkylation sites (N-methyl/N-ethyl adjacent to an activating group) is 1. The van der Waals surface area contributed by atoms with Crippen LogP contribution in [0.1, 0.15) is 18.4 Å². The van der Waals surface area contributed by atoms with Crippen LogP contribution >= 0.6 is 0 Å². The second kappa shape index (κ2) is 12.4. The Kier molecular flexibility index (Phi) is 8.22. The molecule has 3 aromatic carbocycles. The van der Waals surface area contributed by atoms with Gasteiger partial charge in [-0.1, -0.05) is 0 Å². The Morgan fingerprint density at radius 2 is 1.82 bits per heavy atom. The van der Waals surface area contributed by atoms with Crippen molar-refractivity contribution in [2.24, 2.45) is 7.05 Å². The van der Waals surface area contributed by atoms with Gasteiger partial charge in [0.2, 0.25) is 0 Å². The van der Waals surface area contributed by atoms with Gasteiger partial charge in [-0.05, 0) is 69.3 Å². The van der Waals surface area contributed by atoms with Gasteiger partial charge in [-0.25, -0.2) is 14.4 Å². The molecule has 0 spiro atoms. The molecule has 3 heterocycles. The maximum absolute atomic E-state index is 14.9. The predicted octanol–water partition coefficient (Wildman–Crippen LogP) is 6.26. The number of halogens is 1. The van der Waals surface area contributed by atoms with Crippen LogP contribution in [0.4, 0.5) is 21.6 Å². The Bertz CT molecular complexity index is 1940. The molecule has 0 bridgehead atoms. The summed E-state index contributed by atoms with van der Waals surface area (Å²) in [7, 11) is 6.85. The molecule has 5 aromatic rings. The number of hydrogen-bond donors (Lipinski definition) is 2. The summed E-state index contributed by atoms with van der Waals surface area (Å²) in [5, 5.41) is 11.9. The van der Waals surface area contributed by atoms with Gasteiger partial charge in [0.25, 0.3) is 5.91 Å². The number of carbonyl (C=O) groups is 1. The first kappa shape index (κ1) is 29.8. The lowest BCUT2D eigenvalue weighted by molar-refractivity contribution is -0.114. The third-order valence-electron chi connectivity index (χ3n) is 8.04. The van der Waals surface area contributed by atoms with E-state index in [2.05, 4.69) is 25.7 Å². The lowest BCUT2D eigenvalue weighted by Gasteiger charge is -2.17. The summed E-state index contributed by atoms with van der Waals surface area (Å²) in [6.07, 6.45) is 6.37. The van der Waals surface area contributed by atoms with Gasteiger partial charge in [-0.3, -0.25) is 14.4 Å². The quantitative estimate of drug-likeness (QED) is 0.186. The molecule has 6 rings (SSSR count). The minimum atomic E-state index is -0.852. The zero-order valence-corrected chi connectivity index (χ0v) is 25.7. The van der Waals surface area contributed by atoms with Gasteiger partial charge in [0.05, 0.1) is 42.8 Å². The van der Waals surface area contributed by atoms with E-state index in [1.165, 1.54) is 19.5 Å². The van der Waals surface area contributed by atoms with Crippen molar-refractivity contribution >= 4 is 44.9 Å². The van der Waals surface area contributed by atoms with Crippen molar-refractivity contribution < 1.29 is 23.4 Å². The van der Waals surface area contributed by atoms with Gasteiger partial charge in [0.15, 0.2) is 5.83 Å². The predicted molar refractivity (Wildman–Crippen MR) is 171 cm³/mol. The minimum absolute atomic E-state index is 0.113. The maximum Gasteiger partial charge on any atom is 0.284 e. The molecular formula is C33H34FN7O4. The van der Waals surface area contributed by atoms with Gasteiger partial charge in [0, 0.05) is 42.1 Å². The molecule has 1 fully saturated rings. The number of fused-ring (bicyclic) bond motifs is 2. The van der Waals surface area contributed by atoms with Crippen molar-refractivity contribution in [3.63, 3.8) is 0 Å². The number of carbonyl (C=O) groups excluding carboxylic acids is 1. The second-order valence-corrected chi connectivity index (χ2v) is 11.0. The van der Waals surface area contributed by atoms with Crippen LogP contribution < -0.4 is 24.8 Å². The van der Waals surface area contributed by atoms with Crippen molar-refractivity contribution in [2.45, 2.75) is 25.8 Å². The van der Waals surface area contributed by atoms with Crippen molar-refractivity contribution in [1.82, 2.24) is 24.6 Å². The van der Waals surface area contributed by atoms with Gasteiger partial charge >= 0.3 is 0 Å². The lowest BCUT2D eigenvalue weighted by atomic mass is 10.1. The average molecular weight is 612 g/mol. The Hall–Kier alpha value is -5.23. The molecule has 2 N–H and O–H groups in total. The van der Waals surface area contributed by atoms with Crippen LogP contribution in [0.2, 0.25) is 0 Å². The zero-order chi connectivity index (χ0) is 31.7. The number of likely N-dealkylation sites (tertiary alicyclic amines) is 1. The molecule has 0 unspecified atom stereocenters. The highest BCUT2D eigenvalue weighted by molar-refractivity contribution is 6.05. The number of anilines is 3. The topological polar surface area (TPSA) is 116 Å². The largest absolute Gasteiger partial charge is 0.494 e. The number of aryl methyl sites for hydroxylation is 2. The number of nitrogens with zero attached hydrogens (tertiary/aromatic N) is 5. The number of ether oxygens (including phenoxy) is 3. The summed E-state index contributed by atoms with van der Waals surface area (Å²) in [6.45, 7) is 2.80. The van der Waals surface area contributed by atoms with E-state index in [9.17, 15) is 9.18 Å². The minimum Gasteiger partial charge on any atom is -0.494 e. The van der Waals surface area contributed by atoms with Crippen molar-refractivity contribution in [3.8, 4) is 23.0 Å². The summed E-state index contributed by atoms with van der Waals surface area (Å²) < 4.78 is 34.1. The smallest absolute Gasteiger partial charge is 0.284 e. The van der Waals surface area contributed by atoms with Crippen LogP contribution in [0.25, 0.3) is 21.8 Å². The van der Waals surface area contributed by atoms with E-state index in [-0.39, 0.29) is 11.7 Å². The number of methoxy groups -OCH3 is 2. The summed E-state index contributed by atoms with van der Waals surface area (Å²) >= 11 is 0. The Balaban J connectivity index is 1.29. The number of benzene rings is 3. The Labute approximate surface area is 259 Å². The van der Waals surface area contributed by atoms with Gasteiger partial charge < -0.3 is 24.8 Å². The van der Waals surface area contributed by atoms with Crippen LogP contribution in [0.5, 0.6) is 23.0 Å². The maximum atomic E-state index is 14.9. The zero-order valence-electron chi connectivity index (χ0n) is 25.7. The molecule has 2 aromatic heterocycles.